The normalized spacial score (nSPS) is 23.7. The minimum atomic E-state index is -4.42. The topological polar surface area (TPSA) is 62.3 Å². The molecular formula is C20H18F3N3O2. The van der Waals surface area contributed by atoms with Gasteiger partial charge in [-0.05, 0) is 55.2 Å². The van der Waals surface area contributed by atoms with Crippen LogP contribution in [-0.4, -0.2) is 40.3 Å². The first-order valence-corrected chi connectivity index (χ1v) is 9.02. The van der Waals surface area contributed by atoms with E-state index in [1.165, 1.54) is 18.3 Å². The Kier molecular flexibility index (Phi) is 4.56. The molecule has 2 fully saturated rings. The number of pyridine rings is 1. The highest BCUT2D eigenvalue weighted by molar-refractivity contribution is 5.95. The maximum Gasteiger partial charge on any atom is 0.416 e. The Hall–Kier alpha value is -2.90. The van der Waals surface area contributed by atoms with Gasteiger partial charge < -0.3 is 10.2 Å². The van der Waals surface area contributed by atoms with Gasteiger partial charge in [0, 0.05) is 36.6 Å². The van der Waals surface area contributed by atoms with Crippen LogP contribution in [0.25, 0.3) is 0 Å². The molecule has 1 N–H and O–H groups in total. The number of halogens is 3. The zero-order valence-corrected chi connectivity index (χ0v) is 14.8. The first-order valence-electron chi connectivity index (χ1n) is 9.02. The minimum absolute atomic E-state index is 0.0148. The number of nitrogens with zero attached hydrogens (tertiary/aromatic N) is 2. The van der Waals surface area contributed by atoms with Crippen LogP contribution in [0.5, 0.6) is 0 Å². The SMILES string of the molecule is O=C(NC1CC2CC1CN2C(=O)c1ccc(C(F)(F)F)cc1)c1cccnc1. The fourth-order valence-corrected chi connectivity index (χ4v) is 4.10. The molecule has 4 rings (SSSR count). The molecule has 2 heterocycles. The van der Waals surface area contributed by atoms with E-state index in [-0.39, 0.29) is 35.4 Å². The van der Waals surface area contributed by atoms with E-state index >= 15 is 0 Å². The first-order chi connectivity index (χ1) is 13.3. The average Bonchev–Trinajstić information content (AvgIpc) is 3.28. The van der Waals surface area contributed by atoms with Crippen LogP contribution in [0.15, 0.2) is 48.8 Å². The van der Waals surface area contributed by atoms with Crippen LogP contribution in [0.1, 0.15) is 39.1 Å². The van der Waals surface area contributed by atoms with Crippen LogP contribution in [0.4, 0.5) is 13.2 Å². The molecule has 2 aromatic rings. The lowest BCUT2D eigenvalue weighted by molar-refractivity contribution is -0.137. The van der Waals surface area contributed by atoms with Crippen LogP contribution >= 0.6 is 0 Å². The fraction of sp³-hybridized carbons (Fsp3) is 0.350. The molecule has 2 amide bonds. The van der Waals surface area contributed by atoms with Crippen molar-refractivity contribution >= 4 is 11.8 Å². The maximum atomic E-state index is 12.7. The molecule has 1 aromatic heterocycles. The summed E-state index contributed by atoms with van der Waals surface area (Å²) in [7, 11) is 0. The molecule has 1 saturated carbocycles. The average molecular weight is 389 g/mol. The van der Waals surface area contributed by atoms with Gasteiger partial charge in [0.1, 0.15) is 0 Å². The third-order valence-corrected chi connectivity index (χ3v) is 5.50. The minimum Gasteiger partial charge on any atom is -0.349 e. The summed E-state index contributed by atoms with van der Waals surface area (Å²) in [6, 6.07) is 7.65. The quantitative estimate of drug-likeness (QED) is 0.877. The summed E-state index contributed by atoms with van der Waals surface area (Å²) in [5.41, 5.74) is -0.0374. The number of carbonyl (C=O) groups is 2. The molecule has 2 aliphatic rings. The van der Waals surface area contributed by atoms with E-state index in [0.717, 1.165) is 18.6 Å². The number of alkyl halides is 3. The molecule has 28 heavy (non-hydrogen) atoms. The van der Waals surface area contributed by atoms with Crippen LogP contribution in [0, 0.1) is 5.92 Å². The van der Waals surface area contributed by atoms with Crippen molar-refractivity contribution < 1.29 is 22.8 Å². The van der Waals surface area contributed by atoms with Crippen LogP contribution in [0.2, 0.25) is 0 Å². The molecule has 8 heteroatoms. The lowest BCUT2D eigenvalue weighted by atomic mass is 10.0. The molecule has 0 spiro atoms. The lowest BCUT2D eigenvalue weighted by Gasteiger charge is -2.32. The third kappa shape index (κ3) is 3.46. The Bertz CT molecular complexity index is 884. The van der Waals surface area contributed by atoms with E-state index in [4.69, 9.17) is 0 Å². The number of carbonyl (C=O) groups excluding carboxylic acids is 2. The summed E-state index contributed by atoms with van der Waals surface area (Å²) in [5, 5.41) is 3.01. The smallest absolute Gasteiger partial charge is 0.349 e. The molecule has 1 aliphatic carbocycles. The molecule has 1 saturated heterocycles. The van der Waals surface area contributed by atoms with E-state index < -0.39 is 11.7 Å². The number of hydrogen-bond donors (Lipinski definition) is 1. The van der Waals surface area contributed by atoms with Crippen LogP contribution in [-0.2, 0) is 6.18 Å². The predicted octanol–water partition coefficient (Wildman–Crippen LogP) is 3.13. The van der Waals surface area contributed by atoms with Crippen molar-refractivity contribution in [2.45, 2.75) is 31.1 Å². The monoisotopic (exact) mass is 389 g/mol. The third-order valence-electron chi connectivity index (χ3n) is 5.50. The lowest BCUT2D eigenvalue weighted by Crippen LogP contribution is -2.47. The number of amides is 2. The molecule has 3 atom stereocenters. The van der Waals surface area contributed by atoms with E-state index in [0.29, 0.717) is 18.5 Å². The number of benzene rings is 1. The van der Waals surface area contributed by atoms with Crippen molar-refractivity contribution in [2.75, 3.05) is 6.54 Å². The van der Waals surface area contributed by atoms with Crippen molar-refractivity contribution in [1.29, 1.82) is 0 Å². The van der Waals surface area contributed by atoms with Gasteiger partial charge in [0.25, 0.3) is 11.8 Å². The summed E-state index contributed by atoms with van der Waals surface area (Å²) < 4.78 is 38.0. The summed E-state index contributed by atoms with van der Waals surface area (Å²) in [4.78, 5) is 30.6. The van der Waals surface area contributed by atoms with Gasteiger partial charge >= 0.3 is 6.18 Å². The van der Waals surface area contributed by atoms with Crippen LogP contribution < -0.4 is 5.32 Å². The van der Waals surface area contributed by atoms with Crippen LogP contribution in [0.3, 0.4) is 0 Å². The van der Waals surface area contributed by atoms with E-state index in [9.17, 15) is 22.8 Å². The van der Waals surface area contributed by atoms with E-state index in [1.54, 1.807) is 23.2 Å². The first kappa shape index (κ1) is 18.5. The zero-order valence-electron chi connectivity index (χ0n) is 14.8. The fourth-order valence-electron chi connectivity index (χ4n) is 4.10. The highest BCUT2D eigenvalue weighted by atomic mass is 19.4. The van der Waals surface area contributed by atoms with E-state index in [2.05, 4.69) is 10.3 Å². The van der Waals surface area contributed by atoms with Gasteiger partial charge in [-0.3, -0.25) is 14.6 Å². The Morgan fingerprint density at radius 1 is 1.07 bits per heavy atom. The Labute approximate surface area is 159 Å². The summed E-state index contributed by atoms with van der Waals surface area (Å²) in [5.74, 6) is -0.312. The zero-order chi connectivity index (χ0) is 19.9. The highest BCUT2D eigenvalue weighted by Crippen LogP contribution is 2.39. The number of piperidine rings is 1. The van der Waals surface area contributed by atoms with Gasteiger partial charge in [0.05, 0.1) is 11.1 Å². The van der Waals surface area contributed by atoms with Crippen molar-refractivity contribution in [2.24, 2.45) is 5.92 Å². The molecule has 3 unspecified atom stereocenters. The molecule has 2 bridgehead atoms. The van der Waals surface area contributed by atoms with Gasteiger partial charge in [-0.15, -0.1) is 0 Å². The number of nitrogens with one attached hydrogen (secondary N) is 1. The standard InChI is InChI=1S/C20H18F3N3O2/c21-20(22,23)15-5-3-12(4-6-15)19(28)26-11-14-8-16(26)9-17(14)25-18(27)13-2-1-7-24-10-13/h1-7,10,14,16-17H,8-9,11H2,(H,25,27). The molecule has 1 aliphatic heterocycles. The second-order valence-electron chi connectivity index (χ2n) is 7.24. The summed E-state index contributed by atoms with van der Waals surface area (Å²) in [6.07, 6.45) is 0.101. The summed E-state index contributed by atoms with van der Waals surface area (Å²) in [6.45, 7) is 0.489. The van der Waals surface area contributed by atoms with Gasteiger partial charge in [-0.2, -0.15) is 13.2 Å². The van der Waals surface area contributed by atoms with Gasteiger partial charge in [0.2, 0.25) is 0 Å². The Morgan fingerprint density at radius 2 is 1.82 bits per heavy atom. The highest BCUT2D eigenvalue weighted by Gasteiger charge is 2.47. The number of rotatable bonds is 3. The number of fused-ring (bicyclic) bond motifs is 2. The molecular weight excluding hydrogens is 371 g/mol. The van der Waals surface area contributed by atoms with Crippen molar-refractivity contribution in [3.05, 3.63) is 65.5 Å². The molecule has 1 aromatic carbocycles. The summed E-state index contributed by atoms with van der Waals surface area (Å²) >= 11 is 0. The van der Waals surface area contributed by atoms with Crippen molar-refractivity contribution in [3.63, 3.8) is 0 Å². The number of likely N-dealkylation sites (tertiary alicyclic amines) is 1. The van der Waals surface area contributed by atoms with Gasteiger partial charge in [-0.25, -0.2) is 0 Å². The largest absolute Gasteiger partial charge is 0.416 e. The van der Waals surface area contributed by atoms with Gasteiger partial charge in [-0.1, -0.05) is 0 Å². The molecule has 146 valence electrons. The Balaban J connectivity index is 1.39. The second-order valence-corrected chi connectivity index (χ2v) is 7.24. The predicted molar refractivity (Wildman–Crippen MR) is 94.5 cm³/mol. The number of aromatic nitrogens is 1. The van der Waals surface area contributed by atoms with Gasteiger partial charge in [0.15, 0.2) is 0 Å². The number of hydrogen-bond acceptors (Lipinski definition) is 3. The van der Waals surface area contributed by atoms with Crippen molar-refractivity contribution in [1.82, 2.24) is 15.2 Å². The molecule has 5 nitrogen and oxygen atoms in total. The second kappa shape index (κ2) is 6.92. The Morgan fingerprint density at radius 3 is 2.39 bits per heavy atom. The molecule has 0 radical (unpaired) electrons. The van der Waals surface area contributed by atoms with Crippen molar-refractivity contribution in [3.8, 4) is 0 Å². The van der Waals surface area contributed by atoms with E-state index in [1.807, 2.05) is 0 Å². The maximum absolute atomic E-state index is 12.7.